The van der Waals surface area contributed by atoms with Crippen LogP contribution < -0.4 is 9.47 Å². The Balaban J connectivity index is 2.25. The third kappa shape index (κ3) is 4.41. The Bertz CT molecular complexity index is 721. The number of benzene rings is 1. The monoisotopic (exact) mass is 334 g/mol. The lowest BCUT2D eigenvalue weighted by atomic mass is 10.2. The summed E-state index contributed by atoms with van der Waals surface area (Å²) >= 11 is 5.18. The molecule has 124 valence electrons. The molecule has 1 N–H and O–H groups in total. The van der Waals surface area contributed by atoms with Crippen LogP contribution >= 0.6 is 12.2 Å². The zero-order valence-electron chi connectivity index (χ0n) is 13.7. The second kappa shape index (κ2) is 8.47. The molecule has 2 rings (SSSR count). The van der Waals surface area contributed by atoms with E-state index >= 15 is 0 Å². The van der Waals surface area contributed by atoms with Crippen LogP contribution in [-0.4, -0.2) is 34.3 Å². The molecule has 0 saturated carbocycles. The van der Waals surface area contributed by atoms with Gasteiger partial charge in [-0.1, -0.05) is 13.8 Å². The Labute approximate surface area is 141 Å². The SMILES string of the molecule is CCCOc1ccc(/C=N\n2c(CC)n[nH]c2=S)cc1OCC. The molecule has 0 aliphatic heterocycles. The summed E-state index contributed by atoms with van der Waals surface area (Å²) in [7, 11) is 0. The number of nitrogens with one attached hydrogen (secondary N) is 1. The van der Waals surface area contributed by atoms with Crippen LogP contribution in [0.25, 0.3) is 0 Å². The molecule has 0 aliphatic carbocycles. The van der Waals surface area contributed by atoms with Gasteiger partial charge in [-0.25, -0.2) is 0 Å². The largest absolute Gasteiger partial charge is 0.490 e. The summed E-state index contributed by atoms with van der Waals surface area (Å²) in [5, 5.41) is 11.3. The molecule has 0 radical (unpaired) electrons. The van der Waals surface area contributed by atoms with Gasteiger partial charge in [0, 0.05) is 6.42 Å². The molecule has 0 amide bonds. The van der Waals surface area contributed by atoms with Crippen LogP contribution in [-0.2, 0) is 6.42 Å². The summed E-state index contributed by atoms with van der Waals surface area (Å²) in [6.07, 6.45) is 3.43. The fraction of sp³-hybridized carbons (Fsp3) is 0.438. The molecule has 0 unspecified atom stereocenters. The maximum absolute atomic E-state index is 5.69. The molecule has 1 heterocycles. The van der Waals surface area contributed by atoms with Gasteiger partial charge in [0.2, 0.25) is 4.77 Å². The molecule has 2 aromatic rings. The van der Waals surface area contributed by atoms with Crippen LogP contribution in [0, 0.1) is 4.77 Å². The lowest BCUT2D eigenvalue weighted by Gasteiger charge is -2.11. The van der Waals surface area contributed by atoms with Gasteiger partial charge in [0.05, 0.1) is 19.4 Å². The number of H-pyrrole nitrogens is 1. The van der Waals surface area contributed by atoms with E-state index in [1.165, 1.54) is 0 Å². The van der Waals surface area contributed by atoms with E-state index in [0.29, 0.717) is 18.0 Å². The number of rotatable bonds is 8. The fourth-order valence-electron chi connectivity index (χ4n) is 2.00. The first-order chi connectivity index (χ1) is 11.2. The minimum absolute atomic E-state index is 0.478. The van der Waals surface area contributed by atoms with Crippen LogP contribution in [0.3, 0.4) is 0 Å². The van der Waals surface area contributed by atoms with Crippen molar-refractivity contribution in [1.29, 1.82) is 0 Å². The zero-order chi connectivity index (χ0) is 16.7. The van der Waals surface area contributed by atoms with Crippen molar-refractivity contribution in [2.45, 2.75) is 33.6 Å². The molecule has 23 heavy (non-hydrogen) atoms. The van der Waals surface area contributed by atoms with E-state index < -0.39 is 0 Å². The van der Waals surface area contributed by atoms with Crippen molar-refractivity contribution in [3.05, 3.63) is 34.4 Å². The average molecular weight is 334 g/mol. The van der Waals surface area contributed by atoms with Gasteiger partial charge in [-0.05, 0) is 49.3 Å². The van der Waals surface area contributed by atoms with Gasteiger partial charge in [-0.15, -0.1) is 0 Å². The molecule has 0 bridgehead atoms. The number of aromatic nitrogens is 3. The zero-order valence-corrected chi connectivity index (χ0v) is 14.5. The van der Waals surface area contributed by atoms with Gasteiger partial charge in [-0.2, -0.15) is 14.9 Å². The Hall–Kier alpha value is -2.15. The Morgan fingerprint density at radius 3 is 2.78 bits per heavy atom. The number of hydrogen-bond acceptors (Lipinski definition) is 5. The van der Waals surface area contributed by atoms with Crippen molar-refractivity contribution in [3.8, 4) is 11.5 Å². The number of aromatic amines is 1. The van der Waals surface area contributed by atoms with E-state index in [-0.39, 0.29) is 0 Å². The topological polar surface area (TPSA) is 64.4 Å². The third-order valence-electron chi connectivity index (χ3n) is 3.09. The first kappa shape index (κ1) is 17.2. The third-order valence-corrected chi connectivity index (χ3v) is 3.35. The minimum Gasteiger partial charge on any atom is -0.490 e. The number of aryl methyl sites for hydroxylation is 1. The van der Waals surface area contributed by atoms with Gasteiger partial charge < -0.3 is 9.47 Å². The second-order valence-electron chi connectivity index (χ2n) is 4.84. The van der Waals surface area contributed by atoms with Crippen LogP contribution in [0.4, 0.5) is 0 Å². The van der Waals surface area contributed by atoms with E-state index in [9.17, 15) is 0 Å². The summed E-state index contributed by atoms with van der Waals surface area (Å²) in [6.45, 7) is 7.27. The van der Waals surface area contributed by atoms with Crippen molar-refractivity contribution in [1.82, 2.24) is 14.9 Å². The Kier molecular flexibility index (Phi) is 6.34. The van der Waals surface area contributed by atoms with Crippen molar-refractivity contribution in [2.75, 3.05) is 13.2 Å². The maximum Gasteiger partial charge on any atom is 0.216 e. The molecule has 0 spiro atoms. The Morgan fingerprint density at radius 2 is 2.09 bits per heavy atom. The van der Waals surface area contributed by atoms with Gasteiger partial charge in [0.15, 0.2) is 17.3 Å². The quantitative estimate of drug-likeness (QED) is 0.592. The molecule has 6 nitrogen and oxygen atoms in total. The van der Waals surface area contributed by atoms with Gasteiger partial charge >= 0.3 is 0 Å². The highest BCUT2D eigenvalue weighted by Gasteiger charge is 2.06. The van der Waals surface area contributed by atoms with Gasteiger partial charge in [0.1, 0.15) is 0 Å². The highest BCUT2D eigenvalue weighted by atomic mass is 32.1. The van der Waals surface area contributed by atoms with E-state index in [1.807, 2.05) is 32.0 Å². The summed E-state index contributed by atoms with van der Waals surface area (Å²) in [5.41, 5.74) is 0.905. The van der Waals surface area contributed by atoms with E-state index in [0.717, 1.165) is 35.7 Å². The molecule has 0 aliphatic rings. The first-order valence-corrected chi connectivity index (χ1v) is 8.20. The number of hydrogen-bond donors (Lipinski definition) is 1. The number of nitrogens with zero attached hydrogens (tertiary/aromatic N) is 3. The van der Waals surface area contributed by atoms with E-state index in [2.05, 4.69) is 22.2 Å². The minimum atomic E-state index is 0.478. The molecular weight excluding hydrogens is 312 g/mol. The van der Waals surface area contributed by atoms with Gasteiger partial charge in [0.25, 0.3) is 0 Å². The van der Waals surface area contributed by atoms with Crippen LogP contribution in [0.5, 0.6) is 11.5 Å². The molecule has 1 aromatic carbocycles. The summed E-state index contributed by atoms with van der Waals surface area (Å²) in [4.78, 5) is 0. The molecule has 1 aromatic heterocycles. The molecule has 0 fully saturated rings. The van der Waals surface area contributed by atoms with Crippen molar-refractivity contribution < 1.29 is 9.47 Å². The lowest BCUT2D eigenvalue weighted by molar-refractivity contribution is 0.277. The summed E-state index contributed by atoms with van der Waals surface area (Å²) < 4.78 is 13.4. The highest BCUT2D eigenvalue weighted by molar-refractivity contribution is 7.71. The predicted molar refractivity (Wildman–Crippen MR) is 93.2 cm³/mol. The highest BCUT2D eigenvalue weighted by Crippen LogP contribution is 2.28. The van der Waals surface area contributed by atoms with Crippen molar-refractivity contribution >= 4 is 18.4 Å². The summed E-state index contributed by atoms with van der Waals surface area (Å²) in [6, 6.07) is 5.75. The van der Waals surface area contributed by atoms with Gasteiger partial charge in [-0.3, -0.25) is 5.10 Å². The predicted octanol–water partition coefficient (Wildman–Crippen LogP) is 3.57. The lowest BCUT2D eigenvalue weighted by Crippen LogP contribution is -2.01. The molecule has 7 heteroatoms. The molecule has 0 atom stereocenters. The number of ether oxygens (including phenoxy) is 2. The maximum atomic E-state index is 5.69. The van der Waals surface area contributed by atoms with Crippen molar-refractivity contribution in [3.63, 3.8) is 0 Å². The van der Waals surface area contributed by atoms with Crippen LogP contribution in [0.1, 0.15) is 38.6 Å². The smallest absolute Gasteiger partial charge is 0.216 e. The first-order valence-electron chi connectivity index (χ1n) is 7.79. The van der Waals surface area contributed by atoms with Crippen LogP contribution in [0.15, 0.2) is 23.3 Å². The standard InChI is InChI=1S/C16H22N4O2S/c1-4-9-22-13-8-7-12(10-14(13)21-6-3)11-17-20-15(5-2)18-19-16(20)23/h7-8,10-11H,4-6,9H2,1-3H3,(H,19,23)/b17-11-. The summed E-state index contributed by atoms with van der Waals surface area (Å²) in [5.74, 6) is 2.26. The Morgan fingerprint density at radius 1 is 1.26 bits per heavy atom. The van der Waals surface area contributed by atoms with Crippen LogP contribution in [0.2, 0.25) is 0 Å². The average Bonchev–Trinajstić information content (AvgIpc) is 2.92. The fourth-order valence-corrected chi connectivity index (χ4v) is 2.20. The normalized spacial score (nSPS) is 11.1. The molecular formula is C16H22N4O2S. The van der Waals surface area contributed by atoms with Crippen molar-refractivity contribution in [2.24, 2.45) is 5.10 Å². The second-order valence-corrected chi connectivity index (χ2v) is 5.23. The van der Waals surface area contributed by atoms with E-state index in [4.69, 9.17) is 21.7 Å². The molecule has 0 saturated heterocycles. The van der Waals surface area contributed by atoms with E-state index in [1.54, 1.807) is 10.9 Å².